The van der Waals surface area contributed by atoms with Crippen LogP contribution < -0.4 is 0 Å². The van der Waals surface area contributed by atoms with Crippen molar-refractivity contribution in [3.63, 3.8) is 0 Å². The lowest BCUT2D eigenvalue weighted by atomic mass is 9.69. The Morgan fingerprint density at radius 3 is 1.02 bits per heavy atom. The fourth-order valence-corrected chi connectivity index (χ4v) is 6.83. The summed E-state index contributed by atoms with van der Waals surface area (Å²) in [5.41, 5.74) is 8.58. The Morgan fingerprint density at radius 2 is 0.762 bits per heavy atom. The van der Waals surface area contributed by atoms with Crippen molar-refractivity contribution in [3.8, 4) is 22.3 Å². The van der Waals surface area contributed by atoms with Gasteiger partial charge in [-0.15, -0.1) is 0 Å². The highest BCUT2D eigenvalue weighted by Crippen LogP contribution is 2.56. The Kier molecular flexibility index (Phi) is 7.72. The molecule has 0 N–H and O–H groups in total. The minimum absolute atomic E-state index is 0.164. The molecule has 2 atom stereocenters. The van der Waals surface area contributed by atoms with Crippen LogP contribution in [0, 0.1) is 23.7 Å². The lowest BCUT2D eigenvalue weighted by molar-refractivity contribution is -0.163. The van der Waals surface area contributed by atoms with Crippen molar-refractivity contribution in [2.45, 2.75) is 39.5 Å². The summed E-state index contributed by atoms with van der Waals surface area (Å²) < 4.78 is 12.1. The van der Waals surface area contributed by atoms with Crippen LogP contribution in [0.3, 0.4) is 0 Å². The Labute approximate surface area is 248 Å². The topological polar surface area (TPSA) is 52.6 Å². The first-order chi connectivity index (χ1) is 20.4. The molecule has 4 heteroatoms. The number of hydrogen-bond donors (Lipinski definition) is 0. The van der Waals surface area contributed by atoms with E-state index in [2.05, 4.69) is 48.5 Å². The molecule has 0 aliphatic heterocycles. The van der Waals surface area contributed by atoms with Crippen molar-refractivity contribution in [1.29, 1.82) is 0 Å². The molecule has 0 radical (unpaired) electrons. The summed E-state index contributed by atoms with van der Waals surface area (Å²) in [6.07, 6.45) is 0. The minimum Gasteiger partial charge on any atom is -0.465 e. The summed E-state index contributed by atoms with van der Waals surface area (Å²) in [6, 6.07) is 33.0. The third kappa shape index (κ3) is 4.93. The van der Waals surface area contributed by atoms with Crippen LogP contribution in [0.4, 0.5) is 0 Å². The molecule has 42 heavy (non-hydrogen) atoms. The van der Waals surface area contributed by atoms with Crippen molar-refractivity contribution in [3.05, 3.63) is 119 Å². The van der Waals surface area contributed by atoms with E-state index in [0.29, 0.717) is 0 Å². The van der Waals surface area contributed by atoms with Crippen LogP contribution in [-0.4, -0.2) is 25.2 Å². The Morgan fingerprint density at radius 1 is 0.500 bits per heavy atom. The smallest absolute Gasteiger partial charge is 0.310 e. The summed E-state index contributed by atoms with van der Waals surface area (Å²) in [4.78, 5) is 29.0. The molecule has 4 nitrogen and oxygen atoms in total. The first-order valence-electron chi connectivity index (χ1n) is 15.1. The number of carbonyl (C=O) groups excluding carboxylic acids is 2. The second-order valence-electron chi connectivity index (χ2n) is 12.4. The molecule has 2 aliphatic rings. The van der Waals surface area contributed by atoms with Gasteiger partial charge >= 0.3 is 11.9 Å². The van der Waals surface area contributed by atoms with Gasteiger partial charge < -0.3 is 9.47 Å². The Hall–Kier alpha value is -4.18. The van der Waals surface area contributed by atoms with E-state index >= 15 is 0 Å². The van der Waals surface area contributed by atoms with E-state index in [0.717, 1.165) is 44.5 Å². The average molecular weight is 559 g/mol. The van der Waals surface area contributed by atoms with Gasteiger partial charge in [-0.1, -0.05) is 125 Å². The van der Waals surface area contributed by atoms with E-state index < -0.39 is 11.8 Å². The lowest BCUT2D eigenvalue weighted by Gasteiger charge is -2.34. The van der Waals surface area contributed by atoms with Crippen LogP contribution >= 0.6 is 0 Å². The summed E-state index contributed by atoms with van der Waals surface area (Å²) in [5, 5.41) is 0. The summed E-state index contributed by atoms with van der Waals surface area (Å²) in [5.74, 6) is -2.67. The number of ether oxygens (including phenoxy) is 2. The Balaban J connectivity index is 1.58. The van der Waals surface area contributed by atoms with Crippen LogP contribution in [0.5, 0.6) is 0 Å². The normalized spacial score (nSPS) is 15.1. The molecule has 0 amide bonds. The highest BCUT2D eigenvalue weighted by molar-refractivity contribution is 5.90. The SMILES string of the molecule is CC(C)COC(=O)C(C1c2ccccc2-c2ccccc21)C(C(=O)OCC(C)C)C1c2ccccc2-c2ccccc21. The molecule has 0 heterocycles. The molecule has 0 saturated carbocycles. The number of carbonyl (C=O) groups is 2. The number of rotatable bonds is 9. The number of esters is 2. The number of fused-ring (bicyclic) bond motifs is 6. The summed E-state index contributed by atoms with van der Waals surface area (Å²) >= 11 is 0. The van der Waals surface area contributed by atoms with Crippen LogP contribution in [0.15, 0.2) is 97.1 Å². The third-order valence-electron chi connectivity index (χ3n) is 8.53. The number of benzene rings is 4. The largest absolute Gasteiger partial charge is 0.465 e. The van der Waals surface area contributed by atoms with Crippen molar-refractivity contribution in [1.82, 2.24) is 0 Å². The maximum atomic E-state index is 14.5. The van der Waals surface area contributed by atoms with E-state index in [9.17, 15) is 9.59 Å². The predicted octanol–water partition coefficient (Wildman–Crippen LogP) is 8.24. The molecular formula is C38H38O4. The highest BCUT2D eigenvalue weighted by Gasteiger charge is 2.51. The zero-order chi connectivity index (χ0) is 29.4. The molecule has 4 aromatic rings. The van der Waals surface area contributed by atoms with E-state index in [1.54, 1.807) is 0 Å². The fraction of sp³-hybridized carbons (Fsp3) is 0.316. The van der Waals surface area contributed by atoms with Gasteiger partial charge in [0.2, 0.25) is 0 Å². The van der Waals surface area contributed by atoms with Gasteiger partial charge in [0.1, 0.15) is 0 Å². The van der Waals surface area contributed by atoms with Crippen LogP contribution in [-0.2, 0) is 19.1 Å². The Bertz CT molecular complexity index is 1400. The van der Waals surface area contributed by atoms with Crippen LogP contribution in [0.2, 0.25) is 0 Å². The van der Waals surface area contributed by atoms with Crippen molar-refractivity contribution in [2.75, 3.05) is 13.2 Å². The average Bonchev–Trinajstić information content (AvgIpc) is 3.50. The van der Waals surface area contributed by atoms with Crippen LogP contribution in [0.1, 0.15) is 61.8 Å². The monoisotopic (exact) mass is 558 g/mol. The second-order valence-corrected chi connectivity index (χ2v) is 12.4. The molecular weight excluding hydrogens is 520 g/mol. The molecule has 2 aliphatic carbocycles. The van der Waals surface area contributed by atoms with Crippen molar-refractivity contribution >= 4 is 11.9 Å². The van der Waals surface area contributed by atoms with Gasteiger partial charge in [0, 0.05) is 11.8 Å². The standard InChI is InChI=1S/C38H38O4/c1-23(2)21-41-37(39)35(33-29-17-9-5-13-25(29)26-14-6-10-18-30(26)33)36(38(40)42-22-24(3)4)34-31-19-11-7-15-27(31)28-16-8-12-20-32(28)34/h5-20,23-24,33-36H,21-22H2,1-4H3. The van der Waals surface area contributed by atoms with E-state index in [1.165, 1.54) is 0 Å². The third-order valence-corrected chi connectivity index (χ3v) is 8.53. The zero-order valence-corrected chi connectivity index (χ0v) is 24.7. The van der Waals surface area contributed by atoms with Gasteiger partial charge in [-0.2, -0.15) is 0 Å². The molecule has 0 aromatic heterocycles. The van der Waals surface area contributed by atoms with Gasteiger partial charge in [-0.3, -0.25) is 9.59 Å². The molecule has 214 valence electrons. The van der Waals surface area contributed by atoms with E-state index in [4.69, 9.17) is 9.47 Å². The van der Waals surface area contributed by atoms with Crippen molar-refractivity contribution in [2.24, 2.45) is 23.7 Å². The van der Waals surface area contributed by atoms with Crippen molar-refractivity contribution < 1.29 is 19.1 Å². The van der Waals surface area contributed by atoms with Crippen LogP contribution in [0.25, 0.3) is 22.3 Å². The fourth-order valence-electron chi connectivity index (χ4n) is 6.83. The van der Waals surface area contributed by atoms with E-state index in [1.807, 2.05) is 76.2 Å². The molecule has 0 spiro atoms. The summed E-state index contributed by atoms with van der Waals surface area (Å²) in [6.45, 7) is 8.69. The molecule has 0 fully saturated rings. The lowest BCUT2D eigenvalue weighted by Crippen LogP contribution is -2.40. The van der Waals surface area contributed by atoms with E-state index in [-0.39, 0.29) is 48.8 Å². The maximum Gasteiger partial charge on any atom is 0.310 e. The first-order valence-corrected chi connectivity index (χ1v) is 15.1. The van der Waals surface area contributed by atoms with Gasteiger partial charge in [0.15, 0.2) is 0 Å². The van der Waals surface area contributed by atoms with Gasteiger partial charge in [-0.25, -0.2) is 0 Å². The van der Waals surface area contributed by atoms with Gasteiger partial charge in [0.25, 0.3) is 0 Å². The first kappa shape index (κ1) is 28.0. The molecule has 2 unspecified atom stereocenters. The van der Waals surface area contributed by atoms with Gasteiger partial charge in [0.05, 0.1) is 25.0 Å². The highest BCUT2D eigenvalue weighted by atomic mass is 16.5. The minimum atomic E-state index is -0.794. The quantitative estimate of drug-likeness (QED) is 0.194. The molecule has 0 saturated heterocycles. The molecule has 0 bridgehead atoms. The summed E-state index contributed by atoms with van der Waals surface area (Å²) in [7, 11) is 0. The van der Waals surface area contributed by atoms with Gasteiger partial charge in [-0.05, 0) is 56.3 Å². The molecule has 6 rings (SSSR count). The second kappa shape index (κ2) is 11.6. The maximum absolute atomic E-state index is 14.5. The predicted molar refractivity (Wildman–Crippen MR) is 166 cm³/mol. The number of hydrogen-bond acceptors (Lipinski definition) is 4. The molecule has 4 aromatic carbocycles. The zero-order valence-electron chi connectivity index (χ0n) is 24.7.